The second-order valence-electron chi connectivity index (χ2n) is 4.46. The smallest absolute Gasteiger partial charge is 0.328 e. The summed E-state index contributed by atoms with van der Waals surface area (Å²) in [7, 11) is 1.57. The monoisotopic (exact) mass is 278 g/mol. The van der Waals surface area contributed by atoms with Crippen LogP contribution in [0.15, 0.2) is 24.3 Å². The lowest BCUT2D eigenvalue weighted by molar-refractivity contribution is -0.131. The summed E-state index contributed by atoms with van der Waals surface area (Å²) in [6.07, 6.45) is 7.10. The van der Waals surface area contributed by atoms with Gasteiger partial charge in [0.25, 0.3) is 0 Å². The fourth-order valence-corrected chi connectivity index (χ4v) is 1.84. The Morgan fingerprint density at radius 3 is 2.75 bits per heavy atom. The first-order valence-electron chi connectivity index (χ1n) is 6.89. The molecule has 0 aliphatic carbocycles. The summed E-state index contributed by atoms with van der Waals surface area (Å²) in [6, 6.07) is 5.42. The number of benzene rings is 1. The van der Waals surface area contributed by atoms with Gasteiger partial charge in [-0.3, -0.25) is 0 Å². The number of rotatable bonds is 9. The van der Waals surface area contributed by atoms with Crippen molar-refractivity contribution in [3.8, 4) is 11.5 Å². The van der Waals surface area contributed by atoms with Crippen LogP contribution >= 0.6 is 0 Å². The van der Waals surface area contributed by atoms with E-state index in [1.54, 1.807) is 13.2 Å². The van der Waals surface area contributed by atoms with Gasteiger partial charge in [0, 0.05) is 11.6 Å². The number of carboxylic acids is 1. The normalized spacial score (nSPS) is 10.7. The molecular formula is C16H22O4. The van der Waals surface area contributed by atoms with Gasteiger partial charge in [-0.25, -0.2) is 4.79 Å². The zero-order chi connectivity index (χ0) is 14.8. The van der Waals surface area contributed by atoms with Gasteiger partial charge in [-0.15, -0.1) is 0 Å². The molecule has 1 rings (SSSR count). The maximum Gasteiger partial charge on any atom is 0.328 e. The Hall–Kier alpha value is -1.97. The second-order valence-corrected chi connectivity index (χ2v) is 4.46. The van der Waals surface area contributed by atoms with Crippen LogP contribution in [0.4, 0.5) is 0 Å². The molecule has 0 heterocycles. The average molecular weight is 278 g/mol. The Morgan fingerprint density at radius 2 is 2.10 bits per heavy atom. The van der Waals surface area contributed by atoms with Gasteiger partial charge < -0.3 is 14.6 Å². The summed E-state index contributed by atoms with van der Waals surface area (Å²) >= 11 is 0. The van der Waals surface area contributed by atoms with Crippen molar-refractivity contribution in [1.82, 2.24) is 0 Å². The molecule has 0 aromatic heterocycles. The lowest BCUT2D eigenvalue weighted by Crippen LogP contribution is -2.01. The van der Waals surface area contributed by atoms with Crippen molar-refractivity contribution in [2.24, 2.45) is 0 Å². The minimum absolute atomic E-state index is 0.601. The highest BCUT2D eigenvalue weighted by atomic mass is 16.5. The first-order chi connectivity index (χ1) is 9.69. The van der Waals surface area contributed by atoms with Gasteiger partial charge in [0.05, 0.1) is 13.7 Å². The number of aliphatic carboxylic acids is 1. The minimum atomic E-state index is -0.985. The highest BCUT2D eigenvalue weighted by molar-refractivity contribution is 5.86. The topological polar surface area (TPSA) is 55.8 Å². The zero-order valence-electron chi connectivity index (χ0n) is 12.1. The molecule has 110 valence electrons. The molecule has 0 amide bonds. The number of para-hydroxylation sites is 1. The predicted octanol–water partition coefficient (Wildman–Crippen LogP) is 3.75. The number of ether oxygens (including phenoxy) is 2. The lowest BCUT2D eigenvalue weighted by Gasteiger charge is -2.13. The summed E-state index contributed by atoms with van der Waals surface area (Å²) in [5.41, 5.74) is 0.710. The lowest BCUT2D eigenvalue weighted by atomic mass is 10.1. The maximum atomic E-state index is 10.6. The molecule has 0 radical (unpaired) electrons. The summed E-state index contributed by atoms with van der Waals surface area (Å²) in [6.45, 7) is 2.77. The number of carboxylic acid groups (broad SMARTS) is 1. The van der Waals surface area contributed by atoms with Gasteiger partial charge in [-0.1, -0.05) is 38.3 Å². The van der Waals surface area contributed by atoms with Gasteiger partial charge in [0.2, 0.25) is 0 Å². The molecule has 0 fully saturated rings. The largest absolute Gasteiger partial charge is 0.493 e. The van der Waals surface area contributed by atoms with Crippen molar-refractivity contribution in [1.29, 1.82) is 0 Å². The number of hydrogen-bond donors (Lipinski definition) is 1. The summed E-state index contributed by atoms with van der Waals surface area (Å²) < 4.78 is 11.0. The summed E-state index contributed by atoms with van der Waals surface area (Å²) in [5.74, 6) is 0.235. The molecule has 0 saturated heterocycles. The van der Waals surface area contributed by atoms with E-state index in [1.165, 1.54) is 18.9 Å². The Balaban J connectivity index is 2.76. The van der Waals surface area contributed by atoms with E-state index in [-0.39, 0.29) is 0 Å². The van der Waals surface area contributed by atoms with Crippen LogP contribution < -0.4 is 9.47 Å². The third kappa shape index (κ3) is 5.34. The Kier molecular flexibility index (Phi) is 7.25. The van der Waals surface area contributed by atoms with E-state index < -0.39 is 5.97 Å². The third-order valence-electron chi connectivity index (χ3n) is 2.88. The van der Waals surface area contributed by atoms with E-state index in [0.717, 1.165) is 18.9 Å². The Bertz CT molecular complexity index is 452. The molecular weight excluding hydrogens is 256 g/mol. The van der Waals surface area contributed by atoms with Crippen LogP contribution in [0.5, 0.6) is 11.5 Å². The molecule has 0 saturated carbocycles. The molecule has 0 aliphatic heterocycles. The quantitative estimate of drug-likeness (QED) is 0.552. The van der Waals surface area contributed by atoms with Gasteiger partial charge >= 0.3 is 5.97 Å². The van der Waals surface area contributed by atoms with Gasteiger partial charge in [0.15, 0.2) is 11.5 Å². The minimum Gasteiger partial charge on any atom is -0.493 e. The number of carbonyl (C=O) groups is 1. The van der Waals surface area contributed by atoms with Crippen molar-refractivity contribution < 1.29 is 19.4 Å². The molecule has 0 aliphatic rings. The summed E-state index contributed by atoms with van der Waals surface area (Å²) in [5, 5.41) is 8.71. The molecule has 4 heteroatoms. The van der Waals surface area contributed by atoms with Crippen LogP contribution in [0.1, 0.15) is 38.2 Å². The molecule has 0 bridgehead atoms. The predicted molar refractivity (Wildman–Crippen MR) is 79.3 cm³/mol. The second kappa shape index (κ2) is 9.02. The fraction of sp³-hybridized carbons (Fsp3) is 0.438. The SMILES string of the molecule is CCCCCCOc1c(/C=C/C(=O)O)cccc1OC. The maximum absolute atomic E-state index is 10.6. The molecule has 1 N–H and O–H groups in total. The number of hydrogen-bond acceptors (Lipinski definition) is 3. The van der Waals surface area contributed by atoms with Gasteiger partial charge in [0.1, 0.15) is 0 Å². The fourth-order valence-electron chi connectivity index (χ4n) is 1.84. The average Bonchev–Trinajstić information content (AvgIpc) is 2.45. The molecule has 20 heavy (non-hydrogen) atoms. The van der Waals surface area contributed by atoms with E-state index >= 15 is 0 Å². The zero-order valence-corrected chi connectivity index (χ0v) is 12.1. The van der Waals surface area contributed by atoms with E-state index in [1.807, 2.05) is 12.1 Å². The molecule has 0 atom stereocenters. The third-order valence-corrected chi connectivity index (χ3v) is 2.88. The summed E-state index contributed by atoms with van der Waals surface area (Å²) in [4.78, 5) is 10.6. The van der Waals surface area contributed by atoms with Crippen LogP contribution in [0, 0.1) is 0 Å². The van der Waals surface area contributed by atoms with Crippen LogP contribution in [0.3, 0.4) is 0 Å². The van der Waals surface area contributed by atoms with E-state index in [9.17, 15) is 4.79 Å². The number of methoxy groups -OCH3 is 1. The number of unbranched alkanes of at least 4 members (excludes halogenated alkanes) is 3. The van der Waals surface area contributed by atoms with E-state index in [2.05, 4.69) is 6.92 Å². The standard InChI is InChI=1S/C16H22O4/c1-3-4-5-6-12-20-16-13(10-11-15(17)18)8-7-9-14(16)19-2/h7-11H,3-6,12H2,1-2H3,(H,17,18)/b11-10+. The van der Waals surface area contributed by atoms with Gasteiger partial charge in [-0.05, 0) is 18.6 Å². The molecule has 4 nitrogen and oxygen atoms in total. The van der Waals surface area contributed by atoms with Crippen LogP contribution in [-0.2, 0) is 4.79 Å². The van der Waals surface area contributed by atoms with Gasteiger partial charge in [-0.2, -0.15) is 0 Å². The van der Waals surface area contributed by atoms with Crippen molar-refractivity contribution in [2.75, 3.05) is 13.7 Å². The molecule has 0 unspecified atom stereocenters. The van der Waals surface area contributed by atoms with Crippen molar-refractivity contribution in [3.63, 3.8) is 0 Å². The van der Waals surface area contributed by atoms with Crippen LogP contribution in [0.25, 0.3) is 6.08 Å². The van der Waals surface area contributed by atoms with Crippen LogP contribution in [0.2, 0.25) is 0 Å². The molecule has 1 aromatic carbocycles. The van der Waals surface area contributed by atoms with E-state index in [4.69, 9.17) is 14.6 Å². The van der Waals surface area contributed by atoms with Crippen LogP contribution in [-0.4, -0.2) is 24.8 Å². The van der Waals surface area contributed by atoms with Crippen molar-refractivity contribution in [3.05, 3.63) is 29.8 Å². The van der Waals surface area contributed by atoms with Crippen molar-refractivity contribution in [2.45, 2.75) is 32.6 Å². The molecule has 1 aromatic rings. The highest BCUT2D eigenvalue weighted by Gasteiger charge is 2.08. The molecule has 0 spiro atoms. The highest BCUT2D eigenvalue weighted by Crippen LogP contribution is 2.32. The first-order valence-corrected chi connectivity index (χ1v) is 6.89. The first kappa shape index (κ1) is 16.1. The van der Waals surface area contributed by atoms with E-state index in [0.29, 0.717) is 23.7 Å². The van der Waals surface area contributed by atoms with Crippen molar-refractivity contribution >= 4 is 12.0 Å². The Morgan fingerprint density at radius 1 is 1.30 bits per heavy atom. The Labute approximate surface area is 120 Å².